The highest BCUT2D eigenvalue weighted by Crippen LogP contribution is 2.20. The second-order valence-electron chi connectivity index (χ2n) is 5.99. The quantitative estimate of drug-likeness (QED) is 0.609. The van der Waals surface area contributed by atoms with Gasteiger partial charge in [-0.15, -0.1) is 0 Å². The summed E-state index contributed by atoms with van der Waals surface area (Å²) in [4.78, 5) is 1.89. The molecule has 0 bridgehead atoms. The highest BCUT2D eigenvalue weighted by atomic mass is 32.2. The van der Waals surface area contributed by atoms with Gasteiger partial charge in [-0.1, -0.05) is 6.07 Å². The van der Waals surface area contributed by atoms with Crippen LogP contribution in [0.4, 0.5) is 10.1 Å². The monoisotopic (exact) mass is 374 g/mol. The van der Waals surface area contributed by atoms with Crippen molar-refractivity contribution in [3.05, 3.63) is 29.6 Å². The molecule has 0 saturated carbocycles. The third kappa shape index (κ3) is 5.12. The van der Waals surface area contributed by atoms with Gasteiger partial charge in [0.1, 0.15) is 5.82 Å². The second-order valence-corrected chi connectivity index (χ2v) is 8.61. The zero-order valence-corrected chi connectivity index (χ0v) is 15.6. The van der Waals surface area contributed by atoms with E-state index in [0.29, 0.717) is 35.9 Å². The number of halogens is 1. The number of ether oxygens (including phenoxy) is 1. The van der Waals surface area contributed by atoms with E-state index in [9.17, 15) is 12.8 Å². The minimum absolute atomic E-state index is 0.101. The summed E-state index contributed by atoms with van der Waals surface area (Å²) in [6, 6.07) is 4.67. The number of hydrogen-bond donors (Lipinski definition) is 1. The Labute approximate surface area is 148 Å². The summed E-state index contributed by atoms with van der Waals surface area (Å²) < 4.78 is 42.3. The fourth-order valence-electron chi connectivity index (χ4n) is 2.72. The van der Waals surface area contributed by atoms with E-state index in [1.807, 2.05) is 4.90 Å². The Morgan fingerprint density at radius 3 is 2.83 bits per heavy atom. The maximum Gasteiger partial charge on any atom is 0.173 e. The molecule has 1 aliphatic heterocycles. The molecule has 1 fully saturated rings. The van der Waals surface area contributed by atoms with E-state index in [1.54, 1.807) is 26.2 Å². The van der Waals surface area contributed by atoms with E-state index in [1.165, 1.54) is 6.07 Å². The van der Waals surface area contributed by atoms with E-state index in [-0.39, 0.29) is 23.4 Å². The van der Waals surface area contributed by atoms with Crippen LogP contribution in [0.3, 0.4) is 0 Å². The lowest BCUT2D eigenvalue weighted by Crippen LogP contribution is -2.44. The first-order valence-electron chi connectivity index (χ1n) is 7.85. The van der Waals surface area contributed by atoms with E-state index < -0.39 is 9.84 Å². The molecule has 0 aromatic heterocycles. The smallest absolute Gasteiger partial charge is 0.173 e. The van der Waals surface area contributed by atoms with E-state index in [4.69, 9.17) is 17.0 Å². The molecule has 0 radical (unpaired) electrons. The molecule has 0 unspecified atom stereocenters. The molecule has 5 nitrogen and oxygen atoms in total. The molecule has 1 heterocycles. The van der Waals surface area contributed by atoms with Crippen LogP contribution >= 0.6 is 12.2 Å². The van der Waals surface area contributed by atoms with Gasteiger partial charge < -0.3 is 15.0 Å². The van der Waals surface area contributed by atoms with Crippen LogP contribution in [-0.4, -0.2) is 56.2 Å². The summed E-state index contributed by atoms with van der Waals surface area (Å²) in [7, 11) is -1.39. The van der Waals surface area contributed by atoms with Gasteiger partial charge in [0.25, 0.3) is 0 Å². The van der Waals surface area contributed by atoms with Crippen LogP contribution in [0, 0.1) is 12.7 Å². The minimum Gasteiger partial charge on any atom is -0.385 e. The predicted molar refractivity (Wildman–Crippen MR) is 97.6 cm³/mol. The lowest BCUT2D eigenvalue weighted by molar-refractivity contribution is 0.181. The molecule has 1 N–H and O–H groups in total. The maximum atomic E-state index is 13.7. The van der Waals surface area contributed by atoms with E-state index in [2.05, 4.69) is 5.32 Å². The van der Waals surface area contributed by atoms with Crippen molar-refractivity contribution in [2.24, 2.45) is 0 Å². The van der Waals surface area contributed by atoms with Gasteiger partial charge >= 0.3 is 0 Å². The summed E-state index contributed by atoms with van der Waals surface area (Å²) in [6.07, 6.45) is 1.29. The van der Waals surface area contributed by atoms with Crippen LogP contribution in [0.25, 0.3) is 0 Å². The van der Waals surface area contributed by atoms with E-state index in [0.717, 1.165) is 6.42 Å². The van der Waals surface area contributed by atoms with Gasteiger partial charge in [-0.3, -0.25) is 0 Å². The molecule has 0 amide bonds. The van der Waals surface area contributed by atoms with Gasteiger partial charge in [0, 0.05) is 32.0 Å². The van der Waals surface area contributed by atoms with Crippen molar-refractivity contribution in [1.29, 1.82) is 0 Å². The highest BCUT2D eigenvalue weighted by Gasteiger charge is 2.33. The van der Waals surface area contributed by atoms with Crippen LogP contribution in [0.5, 0.6) is 0 Å². The first-order valence-corrected chi connectivity index (χ1v) is 10.1. The second kappa shape index (κ2) is 8.22. The number of benzene rings is 1. The van der Waals surface area contributed by atoms with Crippen molar-refractivity contribution < 1.29 is 17.5 Å². The van der Waals surface area contributed by atoms with Crippen molar-refractivity contribution in [3.8, 4) is 0 Å². The zero-order valence-electron chi connectivity index (χ0n) is 13.9. The normalized spacial score (nSPS) is 19.2. The number of methoxy groups -OCH3 is 1. The molecule has 2 rings (SSSR count). The number of hydrogen-bond acceptors (Lipinski definition) is 4. The van der Waals surface area contributed by atoms with Crippen LogP contribution in [0.2, 0.25) is 0 Å². The Kier molecular flexibility index (Phi) is 6.54. The van der Waals surface area contributed by atoms with Crippen molar-refractivity contribution >= 4 is 32.9 Å². The van der Waals surface area contributed by atoms with Crippen LogP contribution < -0.4 is 5.32 Å². The Morgan fingerprint density at radius 1 is 1.50 bits per heavy atom. The number of sulfone groups is 1. The molecule has 134 valence electrons. The number of nitrogens with zero attached hydrogens (tertiary/aromatic N) is 1. The number of aryl methyl sites for hydroxylation is 1. The van der Waals surface area contributed by atoms with Gasteiger partial charge in [-0.25, -0.2) is 12.8 Å². The summed E-state index contributed by atoms with van der Waals surface area (Å²) in [5.74, 6) is -0.0261. The molecular weight excluding hydrogens is 351 g/mol. The molecule has 1 atom stereocenters. The fourth-order valence-corrected chi connectivity index (χ4v) is 4.81. The summed E-state index contributed by atoms with van der Waals surface area (Å²) in [5, 5.41) is 3.44. The predicted octanol–water partition coefficient (Wildman–Crippen LogP) is 2.36. The lowest BCUT2D eigenvalue weighted by atomic mass is 10.2. The Morgan fingerprint density at radius 2 is 2.25 bits per heavy atom. The summed E-state index contributed by atoms with van der Waals surface area (Å²) in [5.41, 5.74) is 1.12. The van der Waals surface area contributed by atoms with Gasteiger partial charge in [-0.05, 0) is 49.7 Å². The first-order chi connectivity index (χ1) is 11.3. The fraction of sp³-hybridized carbons (Fsp3) is 0.562. The molecule has 0 aliphatic carbocycles. The molecule has 24 heavy (non-hydrogen) atoms. The number of rotatable bonds is 6. The largest absolute Gasteiger partial charge is 0.385 e. The van der Waals surface area contributed by atoms with Crippen LogP contribution in [0.1, 0.15) is 18.4 Å². The number of thiocarbonyl (C=S) groups is 1. The van der Waals surface area contributed by atoms with Crippen molar-refractivity contribution in [1.82, 2.24) is 4.90 Å². The maximum absolute atomic E-state index is 13.7. The Balaban J connectivity index is 2.09. The van der Waals surface area contributed by atoms with Crippen LogP contribution in [0.15, 0.2) is 18.2 Å². The highest BCUT2D eigenvalue weighted by molar-refractivity contribution is 7.91. The van der Waals surface area contributed by atoms with Gasteiger partial charge in [-0.2, -0.15) is 0 Å². The zero-order chi connectivity index (χ0) is 17.7. The van der Waals surface area contributed by atoms with Gasteiger partial charge in [0.15, 0.2) is 14.9 Å². The third-order valence-corrected chi connectivity index (χ3v) is 6.17. The van der Waals surface area contributed by atoms with Crippen molar-refractivity contribution in [3.63, 3.8) is 0 Å². The molecule has 1 saturated heterocycles. The molecule has 8 heteroatoms. The topological polar surface area (TPSA) is 58.6 Å². The number of anilines is 1. The molecule has 1 aromatic carbocycles. The Hall–Kier alpha value is -1.25. The summed E-state index contributed by atoms with van der Waals surface area (Å²) >= 11 is 5.45. The van der Waals surface area contributed by atoms with E-state index >= 15 is 0 Å². The van der Waals surface area contributed by atoms with Crippen molar-refractivity contribution in [2.75, 3.05) is 37.1 Å². The molecular formula is C16H23FN2O3S2. The molecule has 1 aliphatic rings. The standard InChI is InChI=1S/C16H23FN2O3S2/c1-12-4-5-13(10-15(12)17)18-16(23)19(7-3-8-22-2)14-6-9-24(20,21)11-14/h4-5,10,14H,3,6-9,11H2,1-2H3,(H,18,23)/t14-/m1/s1. The average molecular weight is 375 g/mol. The first kappa shape index (κ1) is 19.1. The van der Waals surface area contributed by atoms with Gasteiger partial charge in [0.05, 0.1) is 11.5 Å². The molecule has 0 spiro atoms. The SMILES string of the molecule is COCCCN(C(=S)Nc1ccc(C)c(F)c1)[C@@H]1CCS(=O)(=O)C1. The van der Waals surface area contributed by atoms with Crippen LogP contribution in [-0.2, 0) is 14.6 Å². The Bertz CT molecular complexity index is 695. The minimum atomic E-state index is -3.01. The lowest BCUT2D eigenvalue weighted by Gasteiger charge is -2.31. The average Bonchev–Trinajstić information content (AvgIpc) is 2.87. The molecule has 1 aromatic rings. The summed E-state index contributed by atoms with van der Waals surface area (Å²) in [6.45, 7) is 2.85. The third-order valence-electron chi connectivity index (χ3n) is 4.08. The number of nitrogens with one attached hydrogen (secondary N) is 1. The van der Waals surface area contributed by atoms with Gasteiger partial charge in [0.2, 0.25) is 0 Å². The van der Waals surface area contributed by atoms with Crippen molar-refractivity contribution in [2.45, 2.75) is 25.8 Å².